The molecule has 0 unspecified atom stereocenters. The number of anilines is 1. The fourth-order valence-electron chi connectivity index (χ4n) is 1.57. The van der Waals surface area contributed by atoms with E-state index < -0.39 is 0 Å². The number of nitrogens with zero attached hydrogens (tertiary/aromatic N) is 4. The van der Waals surface area contributed by atoms with Crippen molar-refractivity contribution >= 4 is 23.2 Å². The Balaban J connectivity index is 2.18. The fraction of sp³-hybridized carbons (Fsp3) is 0.273. The third kappa shape index (κ3) is 2.84. The number of carbonyl (C=O) groups excluding carboxylic acids is 1. The first-order valence-electron chi connectivity index (χ1n) is 5.40. The van der Waals surface area contributed by atoms with Gasteiger partial charge in [0.15, 0.2) is 0 Å². The van der Waals surface area contributed by atoms with Crippen LogP contribution in [0.25, 0.3) is 5.69 Å². The van der Waals surface area contributed by atoms with Crippen molar-refractivity contribution < 1.29 is 4.79 Å². The van der Waals surface area contributed by atoms with Crippen molar-refractivity contribution in [3.8, 4) is 5.69 Å². The summed E-state index contributed by atoms with van der Waals surface area (Å²) in [6, 6.07) is 5.52. The van der Waals surface area contributed by atoms with Crippen LogP contribution in [0.3, 0.4) is 0 Å². The molecular weight excluding hydrogens is 254 g/mol. The minimum Gasteiger partial charge on any atom is -0.326 e. The molecule has 1 aromatic heterocycles. The average Bonchev–Trinajstić information content (AvgIpc) is 2.82. The Labute approximate surface area is 109 Å². The quantitative estimate of drug-likeness (QED) is 0.851. The number of nitrogens with one attached hydrogen (secondary N) is 1. The molecule has 2 aromatic rings. The molecule has 0 aliphatic rings. The Kier molecular flexibility index (Phi) is 3.88. The number of hydrogen-bond acceptors (Lipinski definition) is 4. The summed E-state index contributed by atoms with van der Waals surface area (Å²) >= 11 is 5.50. The average molecular weight is 266 g/mol. The molecule has 6 nitrogen and oxygen atoms in total. The van der Waals surface area contributed by atoms with Crippen LogP contribution in [0.15, 0.2) is 24.5 Å². The number of tetrazole rings is 1. The molecule has 0 spiro atoms. The van der Waals surface area contributed by atoms with Crippen molar-refractivity contribution in [2.45, 2.75) is 13.3 Å². The van der Waals surface area contributed by atoms with Gasteiger partial charge in [0, 0.05) is 18.0 Å². The number of halogens is 1. The first kappa shape index (κ1) is 12.5. The van der Waals surface area contributed by atoms with Crippen molar-refractivity contribution in [2.75, 3.05) is 11.2 Å². The van der Waals surface area contributed by atoms with Crippen molar-refractivity contribution in [1.29, 1.82) is 0 Å². The monoisotopic (exact) mass is 265 g/mol. The molecule has 0 bridgehead atoms. The van der Waals surface area contributed by atoms with Crippen LogP contribution in [0.5, 0.6) is 0 Å². The molecule has 18 heavy (non-hydrogen) atoms. The van der Waals surface area contributed by atoms with Crippen LogP contribution in [0.1, 0.15) is 12.0 Å². The highest BCUT2D eigenvalue weighted by Gasteiger charge is 2.06. The molecule has 0 aliphatic heterocycles. The van der Waals surface area contributed by atoms with Crippen molar-refractivity contribution in [2.24, 2.45) is 0 Å². The Bertz CT molecular complexity index is 540. The van der Waals surface area contributed by atoms with Crippen molar-refractivity contribution in [3.05, 3.63) is 30.1 Å². The second kappa shape index (κ2) is 5.59. The van der Waals surface area contributed by atoms with Gasteiger partial charge in [-0.2, -0.15) is 0 Å². The second-order valence-corrected chi connectivity index (χ2v) is 4.12. The third-order valence-electron chi connectivity index (χ3n) is 2.40. The number of carbonyl (C=O) groups is 1. The largest absolute Gasteiger partial charge is 0.326 e. The summed E-state index contributed by atoms with van der Waals surface area (Å²) in [6.07, 6.45) is 1.82. The zero-order chi connectivity index (χ0) is 13.0. The first-order valence-corrected chi connectivity index (χ1v) is 5.94. The molecule has 0 saturated heterocycles. The lowest BCUT2D eigenvalue weighted by molar-refractivity contribution is -0.115. The van der Waals surface area contributed by atoms with E-state index >= 15 is 0 Å². The summed E-state index contributed by atoms with van der Waals surface area (Å²) in [4.78, 5) is 11.4. The van der Waals surface area contributed by atoms with Crippen LogP contribution in [-0.2, 0) is 4.79 Å². The second-order valence-electron chi connectivity index (χ2n) is 3.74. The van der Waals surface area contributed by atoms with Crippen molar-refractivity contribution in [1.82, 2.24) is 20.2 Å². The van der Waals surface area contributed by atoms with Gasteiger partial charge in [-0.25, -0.2) is 4.68 Å². The van der Waals surface area contributed by atoms with Gasteiger partial charge in [0.1, 0.15) is 6.33 Å². The van der Waals surface area contributed by atoms with E-state index in [9.17, 15) is 4.79 Å². The maximum Gasteiger partial charge on any atom is 0.225 e. The lowest BCUT2D eigenvalue weighted by Gasteiger charge is -2.08. The van der Waals surface area contributed by atoms with Gasteiger partial charge in [0.05, 0.1) is 5.69 Å². The van der Waals surface area contributed by atoms with Gasteiger partial charge in [-0.15, -0.1) is 16.7 Å². The van der Waals surface area contributed by atoms with E-state index in [1.807, 2.05) is 19.1 Å². The van der Waals surface area contributed by atoms with Gasteiger partial charge in [-0.3, -0.25) is 4.79 Å². The SMILES string of the molecule is Cc1cc(NC(=O)CCCl)ccc1-n1cnnn1. The molecular formula is C11H12ClN5O. The molecule has 0 aliphatic carbocycles. The number of aryl methyl sites for hydroxylation is 1. The van der Waals surface area contributed by atoms with Gasteiger partial charge in [0.25, 0.3) is 0 Å². The number of aromatic nitrogens is 4. The highest BCUT2D eigenvalue weighted by molar-refractivity contribution is 6.19. The van der Waals surface area contributed by atoms with Crippen LogP contribution in [0.2, 0.25) is 0 Å². The Morgan fingerprint density at radius 3 is 2.94 bits per heavy atom. The van der Waals surface area contributed by atoms with Gasteiger partial charge in [-0.05, 0) is 41.1 Å². The molecule has 94 valence electrons. The lowest BCUT2D eigenvalue weighted by Crippen LogP contribution is -2.12. The van der Waals surface area contributed by atoms with Crippen LogP contribution in [0, 0.1) is 6.92 Å². The number of rotatable bonds is 4. The van der Waals surface area contributed by atoms with Crippen LogP contribution in [-0.4, -0.2) is 32.0 Å². The van der Waals surface area contributed by atoms with E-state index in [0.29, 0.717) is 12.3 Å². The number of alkyl halides is 1. The van der Waals surface area contributed by atoms with E-state index in [1.165, 1.54) is 6.33 Å². The van der Waals surface area contributed by atoms with E-state index in [1.54, 1.807) is 10.7 Å². The highest BCUT2D eigenvalue weighted by atomic mass is 35.5. The highest BCUT2D eigenvalue weighted by Crippen LogP contribution is 2.17. The van der Waals surface area contributed by atoms with Gasteiger partial charge in [-0.1, -0.05) is 0 Å². The number of hydrogen-bond donors (Lipinski definition) is 1. The van der Waals surface area contributed by atoms with Crippen molar-refractivity contribution in [3.63, 3.8) is 0 Å². The molecule has 1 amide bonds. The molecule has 1 heterocycles. The summed E-state index contributed by atoms with van der Waals surface area (Å²) in [5, 5.41) is 13.8. The Morgan fingerprint density at radius 2 is 2.33 bits per heavy atom. The normalized spacial score (nSPS) is 10.3. The summed E-state index contributed by atoms with van der Waals surface area (Å²) in [5.41, 5.74) is 2.57. The third-order valence-corrected chi connectivity index (χ3v) is 2.59. The Morgan fingerprint density at radius 1 is 1.50 bits per heavy atom. The first-order chi connectivity index (χ1) is 8.70. The van der Waals surface area contributed by atoms with E-state index in [4.69, 9.17) is 11.6 Å². The zero-order valence-electron chi connectivity index (χ0n) is 9.80. The Hall–Kier alpha value is -1.95. The maximum atomic E-state index is 11.4. The van der Waals surface area contributed by atoms with E-state index in [2.05, 4.69) is 20.8 Å². The molecule has 1 N–H and O–H groups in total. The molecule has 7 heteroatoms. The summed E-state index contributed by atoms with van der Waals surface area (Å²) < 4.78 is 1.57. The standard InChI is InChI=1S/C11H12ClN5O/c1-8-6-9(14-11(18)4-5-12)2-3-10(8)17-7-13-15-16-17/h2-3,6-7H,4-5H2,1H3,(H,14,18). The molecule has 1 aromatic carbocycles. The minimum absolute atomic E-state index is 0.0976. The maximum absolute atomic E-state index is 11.4. The van der Waals surface area contributed by atoms with Gasteiger partial charge < -0.3 is 5.32 Å². The number of amides is 1. The zero-order valence-corrected chi connectivity index (χ0v) is 10.6. The number of benzene rings is 1. The van der Waals surface area contributed by atoms with Gasteiger partial charge in [0.2, 0.25) is 5.91 Å². The topological polar surface area (TPSA) is 72.7 Å². The predicted octanol–water partition coefficient (Wildman–Crippen LogP) is 1.54. The minimum atomic E-state index is -0.0976. The summed E-state index contributed by atoms with van der Waals surface area (Å²) in [6.45, 7) is 1.92. The van der Waals surface area contributed by atoms with Gasteiger partial charge >= 0.3 is 0 Å². The molecule has 0 atom stereocenters. The fourth-order valence-corrected chi connectivity index (χ4v) is 1.74. The van der Waals surface area contributed by atoms with E-state index in [0.717, 1.165) is 16.9 Å². The van der Waals surface area contributed by atoms with E-state index in [-0.39, 0.29) is 5.91 Å². The summed E-state index contributed by atoms with van der Waals surface area (Å²) in [7, 11) is 0. The predicted molar refractivity (Wildman–Crippen MR) is 67.9 cm³/mol. The molecule has 2 rings (SSSR count). The molecule has 0 radical (unpaired) electrons. The molecule has 0 fully saturated rings. The smallest absolute Gasteiger partial charge is 0.225 e. The van der Waals surface area contributed by atoms with Crippen LogP contribution >= 0.6 is 11.6 Å². The molecule has 0 saturated carbocycles. The summed E-state index contributed by atoms with van der Waals surface area (Å²) in [5.74, 6) is 0.215. The van der Waals surface area contributed by atoms with Crippen LogP contribution < -0.4 is 5.32 Å². The van der Waals surface area contributed by atoms with Crippen LogP contribution in [0.4, 0.5) is 5.69 Å². The lowest BCUT2D eigenvalue weighted by atomic mass is 10.2.